The van der Waals surface area contributed by atoms with Crippen molar-refractivity contribution in [2.75, 3.05) is 6.54 Å². The first-order chi connectivity index (χ1) is 4.24. The van der Waals surface area contributed by atoms with Gasteiger partial charge >= 0.3 is 0 Å². The van der Waals surface area contributed by atoms with Crippen LogP contribution in [0.2, 0.25) is 0 Å². The summed E-state index contributed by atoms with van der Waals surface area (Å²) in [5.74, 6) is 2.73. The van der Waals surface area contributed by atoms with Crippen LogP contribution < -0.4 is 5.73 Å². The summed E-state index contributed by atoms with van der Waals surface area (Å²) in [6.45, 7) is 5.51. The van der Waals surface area contributed by atoms with Crippen LogP contribution in [0.1, 0.15) is 26.7 Å². The van der Waals surface area contributed by atoms with E-state index in [9.17, 15) is 0 Å². The van der Waals surface area contributed by atoms with Crippen LogP contribution in [0.4, 0.5) is 0 Å². The van der Waals surface area contributed by atoms with Crippen molar-refractivity contribution in [2.45, 2.75) is 26.7 Å². The highest BCUT2D eigenvalue weighted by Crippen LogP contribution is 2.37. The van der Waals surface area contributed by atoms with Crippen LogP contribution in [0, 0.1) is 17.8 Å². The van der Waals surface area contributed by atoms with Crippen molar-refractivity contribution in [2.24, 2.45) is 23.5 Å². The molecule has 1 fully saturated rings. The summed E-state index contributed by atoms with van der Waals surface area (Å²) in [5.41, 5.74) is 5.50. The van der Waals surface area contributed by atoms with Crippen LogP contribution >= 0.6 is 12.4 Å². The van der Waals surface area contributed by atoms with Gasteiger partial charge in [0.05, 0.1) is 0 Å². The topological polar surface area (TPSA) is 26.0 Å². The third-order valence-electron chi connectivity index (χ3n) is 2.55. The fourth-order valence-corrected chi connectivity index (χ4v) is 1.52. The van der Waals surface area contributed by atoms with Gasteiger partial charge in [0.1, 0.15) is 0 Å². The Kier molecular flexibility index (Phi) is 4.30. The molecule has 0 radical (unpaired) electrons. The highest BCUT2D eigenvalue weighted by Gasteiger charge is 2.29. The SMILES string of the molecule is CC(C)C1CC(CN)C1.Cl. The molecule has 0 atom stereocenters. The Morgan fingerprint density at radius 1 is 1.40 bits per heavy atom. The lowest BCUT2D eigenvalue weighted by Gasteiger charge is -2.37. The third kappa shape index (κ3) is 2.14. The Morgan fingerprint density at radius 2 is 1.90 bits per heavy atom. The molecule has 1 aliphatic rings. The van der Waals surface area contributed by atoms with Crippen LogP contribution in [-0.2, 0) is 0 Å². The molecule has 2 N–H and O–H groups in total. The summed E-state index contributed by atoms with van der Waals surface area (Å²) in [4.78, 5) is 0. The maximum absolute atomic E-state index is 5.50. The standard InChI is InChI=1S/C8H17N.ClH/c1-6(2)8-3-7(4-8)5-9;/h6-8H,3-5,9H2,1-2H3;1H. The zero-order valence-electron chi connectivity index (χ0n) is 6.84. The molecule has 1 aliphatic carbocycles. The Balaban J connectivity index is 0.000000810. The zero-order chi connectivity index (χ0) is 6.85. The first kappa shape index (κ1) is 10.2. The molecule has 0 unspecified atom stereocenters. The smallest absolute Gasteiger partial charge is 0.00487 e. The minimum Gasteiger partial charge on any atom is -0.330 e. The molecule has 0 saturated heterocycles. The quantitative estimate of drug-likeness (QED) is 0.663. The Morgan fingerprint density at radius 3 is 2.20 bits per heavy atom. The molecule has 1 saturated carbocycles. The molecule has 62 valence electrons. The Bertz CT molecular complexity index is 87.3. The van der Waals surface area contributed by atoms with Gasteiger partial charge in [0.25, 0.3) is 0 Å². The van der Waals surface area contributed by atoms with Crippen molar-refractivity contribution >= 4 is 12.4 Å². The van der Waals surface area contributed by atoms with E-state index in [0.29, 0.717) is 0 Å². The van der Waals surface area contributed by atoms with E-state index in [0.717, 1.165) is 24.3 Å². The molecule has 0 bridgehead atoms. The van der Waals surface area contributed by atoms with E-state index in [4.69, 9.17) is 5.73 Å². The first-order valence-corrected chi connectivity index (χ1v) is 3.94. The number of nitrogens with two attached hydrogens (primary N) is 1. The third-order valence-corrected chi connectivity index (χ3v) is 2.55. The molecule has 0 aromatic carbocycles. The highest BCUT2D eigenvalue weighted by molar-refractivity contribution is 5.85. The fraction of sp³-hybridized carbons (Fsp3) is 1.00. The first-order valence-electron chi connectivity index (χ1n) is 3.94. The lowest BCUT2D eigenvalue weighted by atomic mass is 9.70. The minimum atomic E-state index is 0. The molecule has 10 heavy (non-hydrogen) atoms. The molecule has 0 spiro atoms. The summed E-state index contributed by atoms with van der Waals surface area (Å²) in [5, 5.41) is 0. The second kappa shape index (κ2) is 4.20. The molecule has 0 amide bonds. The number of rotatable bonds is 2. The molecular weight excluding hydrogens is 146 g/mol. The van der Waals surface area contributed by atoms with Gasteiger partial charge in [-0.1, -0.05) is 13.8 Å². The largest absolute Gasteiger partial charge is 0.330 e. The molecule has 1 nitrogen and oxygen atoms in total. The van der Waals surface area contributed by atoms with Crippen LogP contribution in [-0.4, -0.2) is 6.54 Å². The van der Waals surface area contributed by atoms with Crippen molar-refractivity contribution in [1.82, 2.24) is 0 Å². The predicted molar refractivity (Wildman–Crippen MR) is 47.4 cm³/mol. The lowest BCUT2D eigenvalue weighted by Crippen LogP contribution is -2.32. The van der Waals surface area contributed by atoms with E-state index in [-0.39, 0.29) is 12.4 Å². The maximum atomic E-state index is 5.50. The number of hydrogen-bond acceptors (Lipinski definition) is 1. The summed E-state index contributed by atoms with van der Waals surface area (Å²) in [6.07, 6.45) is 2.77. The molecule has 2 heteroatoms. The fourth-order valence-electron chi connectivity index (χ4n) is 1.52. The normalized spacial score (nSPS) is 31.2. The molecule has 0 aromatic rings. The second-order valence-corrected chi connectivity index (χ2v) is 3.58. The molecule has 0 heterocycles. The van der Waals surface area contributed by atoms with Gasteiger partial charge in [-0.15, -0.1) is 12.4 Å². The van der Waals surface area contributed by atoms with Crippen molar-refractivity contribution < 1.29 is 0 Å². The van der Waals surface area contributed by atoms with Gasteiger partial charge in [0, 0.05) is 0 Å². The Labute approximate surface area is 69.8 Å². The predicted octanol–water partition coefficient (Wildman–Crippen LogP) is 2.05. The van der Waals surface area contributed by atoms with E-state index in [2.05, 4.69) is 13.8 Å². The summed E-state index contributed by atoms with van der Waals surface area (Å²) < 4.78 is 0. The van der Waals surface area contributed by atoms with Gasteiger partial charge in [0.15, 0.2) is 0 Å². The van der Waals surface area contributed by atoms with Crippen molar-refractivity contribution in [3.05, 3.63) is 0 Å². The Hall–Kier alpha value is 0.250. The van der Waals surface area contributed by atoms with E-state index < -0.39 is 0 Å². The average molecular weight is 164 g/mol. The maximum Gasteiger partial charge on any atom is -0.00487 e. The van der Waals surface area contributed by atoms with Crippen LogP contribution in [0.5, 0.6) is 0 Å². The minimum absolute atomic E-state index is 0. The van der Waals surface area contributed by atoms with Gasteiger partial charge in [0.2, 0.25) is 0 Å². The lowest BCUT2D eigenvalue weighted by molar-refractivity contribution is 0.148. The van der Waals surface area contributed by atoms with Gasteiger partial charge < -0.3 is 5.73 Å². The van der Waals surface area contributed by atoms with E-state index >= 15 is 0 Å². The van der Waals surface area contributed by atoms with E-state index in [1.165, 1.54) is 12.8 Å². The van der Waals surface area contributed by atoms with Gasteiger partial charge in [-0.3, -0.25) is 0 Å². The molecule has 0 aromatic heterocycles. The summed E-state index contributed by atoms with van der Waals surface area (Å²) in [7, 11) is 0. The van der Waals surface area contributed by atoms with Crippen LogP contribution in [0.25, 0.3) is 0 Å². The van der Waals surface area contributed by atoms with Crippen molar-refractivity contribution in [1.29, 1.82) is 0 Å². The zero-order valence-corrected chi connectivity index (χ0v) is 7.66. The van der Waals surface area contributed by atoms with Crippen molar-refractivity contribution in [3.8, 4) is 0 Å². The van der Waals surface area contributed by atoms with E-state index in [1.807, 2.05) is 0 Å². The van der Waals surface area contributed by atoms with Gasteiger partial charge in [-0.2, -0.15) is 0 Å². The summed E-state index contributed by atoms with van der Waals surface area (Å²) in [6, 6.07) is 0. The number of halogens is 1. The molecule has 0 aliphatic heterocycles. The molecule has 1 rings (SSSR count). The van der Waals surface area contributed by atoms with Gasteiger partial charge in [-0.05, 0) is 37.1 Å². The highest BCUT2D eigenvalue weighted by atomic mass is 35.5. The summed E-state index contributed by atoms with van der Waals surface area (Å²) >= 11 is 0. The number of hydrogen-bond donors (Lipinski definition) is 1. The second-order valence-electron chi connectivity index (χ2n) is 3.58. The monoisotopic (exact) mass is 163 g/mol. The average Bonchev–Trinajstić information content (AvgIpc) is 1.61. The van der Waals surface area contributed by atoms with Crippen LogP contribution in [0.3, 0.4) is 0 Å². The molecular formula is C8H18ClN. The van der Waals surface area contributed by atoms with E-state index in [1.54, 1.807) is 0 Å². The van der Waals surface area contributed by atoms with Crippen LogP contribution in [0.15, 0.2) is 0 Å². The van der Waals surface area contributed by atoms with Crippen molar-refractivity contribution in [3.63, 3.8) is 0 Å². The van der Waals surface area contributed by atoms with Gasteiger partial charge in [-0.25, -0.2) is 0 Å².